The Labute approximate surface area is 161 Å². The van der Waals surface area contributed by atoms with Gasteiger partial charge in [-0.25, -0.2) is 0 Å². The molecular weight excluding hydrogens is 370 g/mol. The molecule has 0 spiro atoms. The Balaban J connectivity index is 1.48. The third-order valence-electron chi connectivity index (χ3n) is 4.62. The summed E-state index contributed by atoms with van der Waals surface area (Å²) < 4.78 is 16.5. The molecule has 1 fully saturated rings. The molecule has 0 saturated carbocycles. The van der Waals surface area contributed by atoms with Crippen molar-refractivity contribution in [3.63, 3.8) is 0 Å². The third kappa shape index (κ3) is 3.85. The molecule has 2 aromatic carbocycles. The second kappa shape index (κ2) is 7.48. The Morgan fingerprint density at radius 3 is 2.59 bits per heavy atom. The van der Waals surface area contributed by atoms with E-state index in [1.165, 1.54) is 0 Å². The summed E-state index contributed by atoms with van der Waals surface area (Å²) in [5, 5.41) is 3.51. The van der Waals surface area contributed by atoms with E-state index in [-0.39, 0.29) is 18.3 Å². The Kier molecular flexibility index (Phi) is 4.90. The molecule has 1 saturated heterocycles. The average molecular weight is 388 g/mol. The Morgan fingerprint density at radius 1 is 1.07 bits per heavy atom. The van der Waals surface area contributed by atoms with Crippen LogP contribution in [0.1, 0.15) is 23.7 Å². The third-order valence-corrected chi connectivity index (χ3v) is 4.87. The Bertz CT molecular complexity index is 867. The number of rotatable bonds is 4. The first-order chi connectivity index (χ1) is 13.1. The van der Waals surface area contributed by atoms with Crippen molar-refractivity contribution in [2.75, 3.05) is 13.2 Å². The van der Waals surface area contributed by atoms with Crippen LogP contribution in [-0.4, -0.2) is 25.1 Å². The van der Waals surface area contributed by atoms with Crippen LogP contribution in [0.15, 0.2) is 42.5 Å². The Hall–Kier alpha value is -2.73. The van der Waals surface area contributed by atoms with Gasteiger partial charge in [0.2, 0.25) is 5.91 Å². The summed E-state index contributed by atoms with van der Waals surface area (Å²) in [4.78, 5) is 24.5. The summed E-state index contributed by atoms with van der Waals surface area (Å²) in [5.74, 6) is 0.0460. The smallest absolute Gasteiger partial charge is 0.307 e. The number of hydrogen-bond donors (Lipinski definition) is 1. The van der Waals surface area contributed by atoms with Gasteiger partial charge in [0, 0.05) is 11.6 Å². The molecule has 1 amide bonds. The van der Waals surface area contributed by atoms with E-state index in [0.717, 1.165) is 11.1 Å². The quantitative estimate of drug-likeness (QED) is 0.816. The molecule has 0 aromatic heterocycles. The first-order valence-corrected chi connectivity index (χ1v) is 9.09. The maximum Gasteiger partial charge on any atom is 0.307 e. The molecule has 0 aliphatic carbocycles. The number of ether oxygens (including phenoxy) is 3. The number of esters is 1. The van der Waals surface area contributed by atoms with Gasteiger partial charge in [0.1, 0.15) is 19.3 Å². The highest BCUT2D eigenvalue weighted by atomic mass is 35.5. The molecule has 2 aromatic rings. The van der Waals surface area contributed by atoms with Crippen molar-refractivity contribution in [3.05, 3.63) is 58.6 Å². The lowest BCUT2D eigenvalue weighted by Crippen LogP contribution is -2.32. The fourth-order valence-electron chi connectivity index (χ4n) is 3.25. The van der Waals surface area contributed by atoms with Crippen molar-refractivity contribution in [1.82, 2.24) is 5.32 Å². The van der Waals surface area contributed by atoms with Gasteiger partial charge in [-0.1, -0.05) is 29.8 Å². The number of carbonyl (C=O) groups excluding carboxylic acids is 2. The van der Waals surface area contributed by atoms with Crippen LogP contribution in [0.2, 0.25) is 5.02 Å². The fourth-order valence-corrected chi connectivity index (χ4v) is 3.37. The zero-order valence-corrected chi connectivity index (χ0v) is 15.2. The molecule has 6 nitrogen and oxygen atoms in total. The monoisotopic (exact) mass is 387 g/mol. The van der Waals surface area contributed by atoms with Gasteiger partial charge in [0.05, 0.1) is 12.3 Å². The summed E-state index contributed by atoms with van der Waals surface area (Å²) in [7, 11) is 0. The first kappa shape index (κ1) is 17.7. The number of carbonyl (C=O) groups is 2. The predicted octanol–water partition coefficient (Wildman–Crippen LogP) is 3.03. The molecule has 2 atom stereocenters. The minimum absolute atomic E-state index is 0.0472. The van der Waals surface area contributed by atoms with E-state index >= 15 is 0 Å². The largest absolute Gasteiger partial charge is 0.486 e. The average Bonchev–Trinajstić information content (AvgIpc) is 3.09. The van der Waals surface area contributed by atoms with Gasteiger partial charge in [-0.05, 0) is 35.4 Å². The van der Waals surface area contributed by atoms with Crippen LogP contribution in [0.5, 0.6) is 11.5 Å². The molecule has 27 heavy (non-hydrogen) atoms. The molecule has 0 radical (unpaired) electrons. The maximum absolute atomic E-state index is 12.7. The van der Waals surface area contributed by atoms with Gasteiger partial charge in [-0.15, -0.1) is 0 Å². The van der Waals surface area contributed by atoms with Gasteiger partial charge < -0.3 is 19.5 Å². The normalized spacial score (nSPS) is 20.9. The standard InChI is InChI=1S/C20H18ClNO5/c21-14-4-1-12(2-5-14)11-22-20(24)15-10-18(23)27-19(15)13-3-6-16-17(9-13)26-8-7-25-16/h1-6,9,15,19H,7-8,10-11H2,(H,22,24)/t15-,19-/m0/s1. The zero-order valence-electron chi connectivity index (χ0n) is 14.4. The van der Waals surface area contributed by atoms with Crippen molar-refractivity contribution < 1.29 is 23.8 Å². The minimum atomic E-state index is -0.640. The highest BCUT2D eigenvalue weighted by Gasteiger charge is 2.41. The molecule has 2 aliphatic heterocycles. The van der Waals surface area contributed by atoms with Crippen molar-refractivity contribution in [2.45, 2.75) is 19.1 Å². The summed E-state index contributed by atoms with van der Waals surface area (Å²) in [6.07, 6.45) is -0.593. The van der Waals surface area contributed by atoms with E-state index in [4.69, 9.17) is 25.8 Å². The predicted molar refractivity (Wildman–Crippen MR) is 97.7 cm³/mol. The zero-order chi connectivity index (χ0) is 18.8. The number of hydrogen-bond acceptors (Lipinski definition) is 5. The van der Waals surface area contributed by atoms with Crippen LogP contribution in [0.25, 0.3) is 0 Å². The number of fused-ring (bicyclic) bond motifs is 1. The van der Waals surface area contributed by atoms with E-state index in [9.17, 15) is 9.59 Å². The number of nitrogens with one attached hydrogen (secondary N) is 1. The second-order valence-electron chi connectivity index (χ2n) is 6.47. The van der Waals surface area contributed by atoms with Crippen LogP contribution >= 0.6 is 11.6 Å². The summed E-state index contributed by atoms with van der Waals surface area (Å²) in [5.41, 5.74) is 1.64. The number of halogens is 1. The lowest BCUT2D eigenvalue weighted by atomic mass is 9.94. The molecular formula is C20H18ClNO5. The van der Waals surface area contributed by atoms with Crippen molar-refractivity contribution in [3.8, 4) is 11.5 Å². The van der Waals surface area contributed by atoms with E-state index < -0.39 is 12.0 Å². The van der Waals surface area contributed by atoms with Crippen LogP contribution in [0.4, 0.5) is 0 Å². The van der Waals surface area contributed by atoms with Crippen LogP contribution in [-0.2, 0) is 20.9 Å². The Morgan fingerprint density at radius 2 is 1.81 bits per heavy atom. The van der Waals surface area contributed by atoms with E-state index in [1.54, 1.807) is 30.3 Å². The van der Waals surface area contributed by atoms with Crippen LogP contribution < -0.4 is 14.8 Å². The molecule has 4 rings (SSSR count). The molecule has 140 valence electrons. The number of cyclic esters (lactones) is 1. The summed E-state index contributed by atoms with van der Waals surface area (Å²) >= 11 is 5.87. The van der Waals surface area contributed by atoms with Crippen LogP contribution in [0, 0.1) is 5.92 Å². The van der Waals surface area contributed by atoms with E-state index in [2.05, 4.69) is 5.32 Å². The molecule has 0 unspecified atom stereocenters. The lowest BCUT2D eigenvalue weighted by molar-refractivity contribution is -0.141. The maximum atomic E-state index is 12.7. The second-order valence-corrected chi connectivity index (χ2v) is 6.90. The number of amides is 1. The molecule has 2 aliphatic rings. The van der Waals surface area contributed by atoms with Gasteiger partial charge >= 0.3 is 5.97 Å². The van der Waals surface area contributed by atoms with E-state index in [0.29, 0.717) is 36.3 Å². The minimum Gasteiger partial charge on any atom is -0.486 e. The lowest BCUT2D eigenvalue weighted by Gasteiger charge is -2.22. The summed E-state index contributed by atoms with van der Waals surface area (Å²) in [6, 6.07) is 12.6. The fraction of sp³-hybridized carbons (Fsp3) is 0.300. The van der Waals surface area contributed by atoms with Gasteiger partial charge in [-0.3, -0.25) is 9.59 Å². The van der Waals surface area contributed by atoms with Crippen molar-refractivity contribution in [1.29, 1.82) is 0 Å². The molecule has 2 heterocycles. The van der Waals surface area contributed by atoms with Gasteiger partial charge in [0.15, 0.2) is 11.5 Å². The SMILES string of the molecule is O=C1C[C@H](C(=O)NCc2ccc(Cl)cc2)[C@H](c2ccc3c(c2)OCCO3)O1. The highest BCUT2D eigenvalue weighted by Crippen LogP contribution is 2.40. The van der Waals surface area contributed by atoms with Crippen LogP contribution in [0.3, 0.4) is 0 Å². The number of benzene rings is 2. The van der Waals surface area contributed by atoms with Gasteiger partial charge in [0.25, 0.3) is 0 Å². The first-order valence-electron chi connectivity index (χ1n) is 8.71. The topological polar surface area (TPSA) is 73.9 Å². The van der Waals surface area contributed by atoms with Crippen molar-refractivity contribution >= 4 is 23.5 Å². The summed E-state index contributed by atoms with van der Waals surface area (Å²) in [6.45, 7) is 1.32. The highest BCUT2D eigenvalue weighted by molar-refractivity contribution is 6.30. The van der Waals surface area contributed by atoms with Gasteiger partial charge in [-0.2, -0.15) is 0 Å². The van der Waals surface area contributed by atoms with Crippen molar-refractivity contribution in [2.24, 2.45) is 5.92 Å². The molecule has 0 bridgehead atoms. The molecule has 1 N–H and O–H groups in total. The van der Waals surface area contributed by atoms with E-state index in [1.807, 2.05) is 12.1 Å². The molecule has 7 heteroatoms.